The summed E-state index contributed by atoms with van der Waals surface area (Å²) < 4.78 is 0. The molecule has 1 aliphatic carbocycles. The minimum Gasteiger partial charge on any atom is -0.507 e. The molecule has 1 aromatic rings. The summed E-state index contributed by atoms with van der Waals surface area (Å²) in [6.07, 6.45) is 6.34. The lowest BCUT2D eigenvalue weighted by molar-refractivity contribution is 0.321. The van der Waals surface area contributed by atoms with Crippen LogP contribution in [0.4, 0.5) is 0 Å². The molecule has 106 valence electrons. The van der Waals surface area contributed by atoms with Gasteiger partial charge in [-0.2, -0.15) is 0 Å². The lowest BCUT2D eigenvalue weighted by atomic mass is 9.95. The summed E-state index contributed by atoms with van der Waals surface area (Å²) >= 11 is 0. The van der Waals surface area contributed by atoms with E-state index < -0.39 is 0 Å². The van der Waals surface area contributed by atoms with Crippen molar-refractivity contribution in [3.05, 3.63) is 23.8 Å². The number of rotatable bonds is 3. The molecule has 1 aromatic carbocycles. The van der Waals surface area contributed by atoms with E-state index in [9.17, 15) is 10.2 Å². The molecule has 19 heavy (non-hydrogen) atoms. The zero-order chi connectivity index (χ0) is 13.8. The molecule has 0 bridgehead atoms. The van der Waals surface area contributed by atoms with Crippen molar-refractivity contribution in [1.82, 2.24) is 5.32 Å². The van der Waals surface area contributed by atoms with Crippen molar-refractivity contribution in [2.45, 2.75) is 58.0 Å². The largest absolute Gasteiger partial charge is 0.507 e. The molecule has 1 fully saturated rings. The van der Waals surface area contributed by atoms with Gasteiger partial charge in [-0.15, -0.1) is 0 Å². The lowest BCUT2D eigenvalue weighted by Crippen LogP contribution is -2.36. The third-order valence-corrected chi connectivity index (χ3v) is 4.32. The van der Waals surface area contributed by atoms with Gasteiger partial charge in [0.1, 0.15) is 11.5 Å². The fraction of sp³-hybridized carbons (Fsp3) is 0.625. The van der Waals surface area contributed by atoms with Crippen LogP contribution in [0.15, 0.2) is 18.2 Å². The van der Waals surface area contributed by atoms with Gasteiger partial charge >= 0.3 is 0 Å². The summed E-state index contributed by atoms with van der Waals surface area (Å²) in [5.74, 6) is 0.987. The second-order valence-corrected chi connectivity index (χ2v) is 5.82. The van der Waals surface area contributed by atoms with Gasteiger partial charge in [0.2, 0.25) is 0 Å². The molecule has 1 aliphatic rings. The summed E-state index contributed by atoms with van der Waals surface area (Å²) in [6.45, 7) is 4.30. The average Bonchev–Trinajstić information content (AvgIpc) is 2.55. The SMILES string of the molecule is CC(NC1CCCCCC1C)c1c(O)cccc1O. The van der Waals surface area contributed by atoms with Crippen molar-refractivity contribution in [2.75, 3.05) is 0 Å². The highest BCUT2D eigenvalue weighted by Crippen LogP contribution is 2.34. The van der Waals surface area contributed by atoms with Gasteiger partial charge in [-0.3, -0.25) is 0 Å². The molecule has 0 saturated heterocycles. The molecular weight excluding hydrogens is 238 g/mol. The van der Waals surface area contributed by atoms with E-state index in [4.69, 9.17) is 0 Å². The Morgan fingerprint density at radius 2 is 1.74 bits per heavy atom. The second kappa shape index (κ2) is 6.29. The van der Waals surface area contributed by atoms with Gasteiger partial charge in [0.15, 0.2) is 0 Å². The van der Waals surface area contributed by atoms with E-state index in [2.05, 4.69) is 12.2 Å². The smallest absolute Gasteiger partial charge is 0.124 e. The summed E-state index contributed by atoms with van der Waals surface area (Å²) in [5, 5.41) is 23.4. The highest BCUT2D eigenvalue weighted by Gasteiger charge is 2.23. The highest BCUT2D eigenvalue weighted by molar-refractivity contribution is 5.44. The van der Waals surface area contributed by atoms with E-state index >= 15 is 0 Å². The van der Waals surface area contributed by atoms with Crippen LogP contribution in [-0.2, 0) is 0 Å². The minimum absolute atomic E-state index is 0.0354. The van der Waals surface area contributed by atoms with Crippen LogP contribution in [0.2, 0.25) is 0 Å². The Labute approximate surface area is 115 Å². The molecule has 0 heterocycles. The molecule has 3 N–H and O–H groups in total. The first-order valence-electron chi connectivity index (χ1n) is 7.36. The molecule has 3 atom stereocenters. The Morgan fingerprint density at radius 3 is 2.42 bits per heavy atom. The average molecular weight is 263 g/mol. The van der Waals surface area contributed by atoms with Gasteiger partial charge < -0.3 is 15.5 Å². The summed E-state index contributed by atoms with van der Waals surface area (Å²) in [7, 11) is 0. The van der Waals surface area contributed by atoms with Gasteiger partial charge in [-0.25, -0.2) is 0 Å². The molecular formula is C16H25NO2. The maximum Gasteiger partial charge on any atom is 0.124 e. The molecule has 3 nitrogen and oxygen atoms in total. The van der Waals surface area contributed by atoms with Crippen molar-refractivity contribution < 1.29 is 10.2 Å². The van der Waals surface area contributed by atoms with Gasteiger partial charge in [0.05, 0.1) is 5.56 Å². The topological polar surface area (TPSA) is 52.5 Å². The maximum atomic E-state index is 9.91. The number of benzene rings is 1. The number of phenols is 2. The molecule has 2 rings (SSSR count). The lowest BCUT2D eigenvalue weighted by Gasteiger charge is -2.27. The Morgan fingerprint density at radius 1 is 1.11 bits per heavy atom. The van der Waals surface area contributed by atoms with Crippen LogP contribution >= 0.6 is 0 Å². The monoisotopic (exact) mass is 263 g/mol. The number of hydrogen-bond acceptors (Lipinski definition) is 3. The fourth-order valence-electron chi connectivity index (χ4n) is 3.13. The number of aromatic hydroxyl groups is 2. The van der Waals surface area contributed by atoms with E-state index in [1.807, 2.05) is 6.92 Å². The van der Waals surface area contributed by atoms with Crippen LogP contribution in [-0.4, -0.2) is 16.3 Å². The van der Waals surface area contributed by atoms with Crippen LogP contribution in [0.25, 0.3) is 0 Å². The number of nitrogens with one attached hydrogen (secondary N) is 1. The van der Waals surface area contributed by atoms with E-state index in [1.54, 1.807) is 18.2 Å². The summed E-state index contributed by atoms with van der Waals surface area (Å²) in [4.78, 5) is 0. The van der Waals surface area contributed by atoms with Crippen LogP contribution in [0, 0.1) is 5.92 Å². The zero-order valence-electron chi connectivity index (χ0n) is 11.9. The van der Waals surface area contributed by atoms with Crippen LogP contribution in [0.1, 0.15) is 57.6 Å². The molecule has 0 amide bonds. The predicted molar refractivity (Wildman–Crippen MR) is 77.4 cm³/mol. The van der Waals surface area contributed by atoms with Crippen molar-refractivity contribution in [2.24, 2.45) is 5.92 Å². The third-order valence-electron chi connectivity index (χ3n) is 4.32. The second-order valence-electron chi connectivity index (χ2n) is 5.82. The summed E-state index contributed by atoms with van der Waals surface area (Å²) in [5.41, 5.74) is 0.610. The van der Waals surface area contributed by atoms with E-state index in [-0.39, 0.29) is 17.5 Å². The first-order valence-corrected chi connectivity index (χ1v) is 7.36. The van der Waals surface area contributed by atoms with Crippen LogP contribution in [0.3, 0.4) is 0 Å². The minimum atomic E-state index is -0.0354. The number of hydrogen-bond donors (Lipinski definition) is 3. The van der Waals surface area contributed by atoms with E-state index in [1.165, 1.54) is 32.1 Å². The zero-order valence-corrected chi connectivity index (χ0v) is 11.9. The van der Waals surface area contributed by atoms with Crippen molar-refractivity contribution in [1.29, 1.82) is 0 Å². The molecule has 0 radical (unpaired) electrons. The van der Waals surface area contributed by atoms with Gasteiger partial charge in [0, 0.05) is 12.1 Å². The van der Waals surface area contributed by atoms with Gasteiger partial charge in [-0.1, -0.05) is 32.3 Å². The quantitative estimate of drug-likeness (QED) is 0.729. The van der Waals surface area contributed by atoms with E-state index in [0.29, 0.717) is 17.5 Å². The normalized spacial score (nSPS) is 25.8. The number of phenolic OH excluding ortho intramolecular Hbond substituents is 2. The third kappa shape index (κ3) is 3.41. The molecule has 3 heteroatoms. The molecule has 1 saturated carbocycles. The molecule has 0 aliphatic heterocycles. The predicted octanol–water partition coefficient (Wildman–Crippen LogP) is 3.72. The Bertz CT molecular complexity index is 399. The van der Waals surface area contributed by atoms with Crippen molar-refractivity contribution >= 4 is 0 Å². The fourth-order valence-corrected chi connectivity index (χ4v) is 3.13. The first-order chi connectivity index (χ1) is 9.09. The van der Waals surface area contributed by atoms with Crippen molar-refractivity contribution in [3.63, 3.8) is 0 Å². The van der Waals surface area contributed by atoms with Crippen LogP contribution in [0.5, 0.6) is 11.5 Å². The first kappa shape index (κ1) is 14.2. The van der Waals surface area contributed by atoms with Gasteiger partial charge in [0.25, 0.3) is 0 Å². The summed E-state index contributed by atoms with van der Waals surface area (Å²) in [6, 6.07) is 5.35. The van der Waals surface area contributed by atoms with Crippen molar-refractivity contribution in [3.8, 4) is 11.5 Å². The standard InChI is InChI=1S/C16H25NO2/c1-11-7-4-3-5-8-13(11)17-12(2)16-14(18)9-6-10-15(16)19/h6,9-13,17-19H,3-5,7-8H2,1-2H3. The molecule has 3 unspecified atom stereocenters. The van der Waals surface area contributed by atoms with E-state index in [0.717, 1.165) is 0 Å². The Hall–Kier alpha value is -1.22. The molecule has 0 spiro atoms. The highest BCUT2D eigenvalue weighted by atomic mass is 16.3. The Kier molecular flexibility index (Phi) is 4.70. The van der Waals surface area contributed by atoms with Crippen LogP contribution < -0.4 is 5.32 Å². The molecule has 0 aromatic heterocycles. The van der Waals surface area contributed by atoms with Gasteiger partial charge in [-0.05, 0) is 37.8 Å². The Balaban J connectivity index is 2.09. The maximum absolute atomic E-state index is 9.91.